The van der Waals surface area contributed by atoms with Crippen LogP contribution < -0.4 is 19.7 Å². The van der Waals surface area contributed by atoms with E-state index < -0.39 is 17.8 Å². The summed E-state index contributed by atoms with van der Waals surface area (Å²) in [5.74, 6) is -0.468. The van der Waals surface area contributed by atoms with Crippen LogP contribution in [0.1, 0.15) is 16.7 Å². The molecule has 7 heteroatoms. The lowest BCUT2D eigenvalue weighted by Gasteiger charge is -2.27. The minimum Gasteiger partial charge on any atom is -0.497 e. The van der Waals surface area contributed by atoms with E-state index in [1.165, 1.54) is 13.2 Å². The number of barbiturate groups is 1. The van der Waals surface area contributed by atoms with Crippen LogP contribution >= 0.6 is 0 Å². The van der Waals surface area contributed by atoms with Gasteiger partial charge in [0.2, 0.25) is 0 Å². The third-order valence-corrected chi connectivity index (χ3v) is 5.22. The number of hydrogen-bond donors (Lipinski definition) is 1. The Hall–Kier alpha value is -4.39. The van der Waals surface area contributed by atoms with Crippen molar-refractivity contribution in [2.24, 2.45) is 0 Å². The molecule has 0 atom stereocenters. The molecule has 4 amide bonds. The Bertz CT molecular complexity index is 1250. The van der Waals surface area contributed by atoms with E-state index in [1.54, 1.807) is 49.4 Å². The number of rotatable bonds is 6. The van der Waals surface area contributed by atoms with Crippen molar-refractivity contribution in [2.75, 3.05) is 12.0 Å². The number of hydrogen-bond acceptors (Lipinski definition) is 5. The van der Waals surface area contributed by atoms with E-state index >= 15 is 0 Å². The number of nitrogens with one attached hydrogen (secondary N) is 1. The molecule has 1 aliphatic rings. The standard InChI is InChI=1S/C26H22N2O5/c1-17-8-6-7-11-22(17)28-25(30)21(24(29)27-26(28)31)14-19-12-13-20(32-2)15-23(19)33-16-18-9-4-3-5-10-18/h3-15H,16H2,1-2H3,(H,27,29,31)/b21-14+. The second kappa shape index (κ2) is 9.40. The predicted molar refractivity (Wildman–Crippen MR) is 124 cm³/mol. The number of urea groups is 1. The fraction of sp³-hybridized carbons (Fsp3) is 0.115. The highest BCUT2D eigenvalue weighted by Gasteiger charge is 2.37. The molecule has 1 heterocycles. The lowest BCUT2D eigenvalue weighted by atomic mass is 10.0. The Kier molecular flexibility index (Phi) is 6.22. The number of amides is 4. The Morgan fingerprint density at radius 2 is 1.67 bits per heavy atom. The molecule has 33 heavy (non-hydrogen) atoms. The van der Waals surface area contributed by atoms with E-state index in [0.29, 0.717) is 22.7 Å². The van der Waals surface area contributed by atoms with Crippen molar-refractivity contribution in [3.05, 3.63) is 95.1 Å². The van der Waals surface area contributed by atoms with Gasteiger partial charge >= 0.3 is 6.03 Å². The fourth-order valence-electron chi connectivity index (χ4n) is 3.47. The highest BCUT2D eigenvalue weighted by Crippen LogP contribution is 2.30. The molecular weight excluding hydrogens is 420 g/mol. The number of carbonyl (C=O) groups is 3. The zero-order chi connectivity index (χ0) is 23.4. The summed E-state index contributed by atoms with van der Waals surface area (Å²) in [6.07, 6.45) is 1.43. The fourth-order valence-corrected chi connectivity index (χ4v) is 3.47. The van der Waals surface area contributed by atoms with E-state index in [2.05, 4.69) is 5.32 Å². The minimum atomic E-state index is -0.785. The van der Waals surface area contributed by atoms with Crippen LogP contribution in [0, 0.1) is 6.92 Å². The largest absolute Gasteiger partial charge is 0.497 e. The molecule has 0 saturated carbocycles. The summed E-state index contributed by atoms with van der Waals surface area (Å²) in [6.45, 7) is 2.08. The van der Waals surface area contributed by atoms with E-state index in [9.17, 15) is 14.4 Å². The van der Waals surface area contributed by atoms with Crippen LogP contribution in [0.15, 0.2) is 78.4 Å². The average Bonchev–Trinajstić information content (AvgIpc) is 2.82. The number of imide groups is 2. The van der Waals surface area contributed by atoms with Gasteiger partial charge in [-0.3, -0.25) is 14.9 Å². The lowest BCUT2D eigenvalue weighted by Crippen LogP contribution is -2.54. The molecule has 1 aliphatic heterocycles. The van der Waals surface area contributed by atoms with Gasteiger partial charge in [0, 0.05) is 11.6 Å². The first-order valence-corrected chi connectivity index (χ1v) is 10.3. The average molecular weight is 442 g/mol. The van der Waals surface area contributed by atoms with Crippen molar-refractivity contribution in [1.82, 2.24) is 5.32 Å². The van der Waals surface area contributed by atoms with Gasteiger partial charge in [0.1, 0.15) is 23.7 Å². The molecule has 0 aliphatic carbocycles. The summed E-state index contributed by atoms with van der Waals surface area (Å²) < 4.78 is 11.3. The highest BCUT2D eigenvalue weighted by atomic mass is 16.5. The number of para-hydroxylation sites is 1. The maximum absolute atomic E-state index is 13.2. The van der Waals surface area contributed by atoms with Crippen LogP contribution in [0.4, 0.5) is 10.5 Å². The number of carbonyl (C=O) groups excluding carboxylic acids is 3. The molecule has 7 nitrogen and oxygen atoms in total. The van der Waals surface area contributed by atoms with Gasteiger partial charge in [0.25, 0.3) is 11.8 Å². The number of aryl methyl sites for hydroxylation is 1. The first kappa shape index (κ1) is 21.8. The predicted octanol–water partition coefficient (Wildman–Crippen LogP) is 4.25. The van der Waals surface area contributed by atoms with E-state index in [4.69, 9.17) is 9.47 Å². The van der Waals surface area contributed by atoms with Crippen LogP contribution in [0.3, 0.4) is 0 Å². The zero-order valence-corrected chi connectivity index (χ0v) is 18.2. The first-order chi connectivity index (χ1) is 16.0. The quantitative estimate of drug-likeness (QED) is 0.456. The van der Waals surface area contributed by atoms with Gasteiger partial charge < -0.3 is 9.47 Å². The molecule has 0 radical (unpaired) electrons. The molecule has 4 rings (SSSR count). The number of methoxy groups -OCH3 is 1. The molecule has 1 saturated heterocycles. The summed E-state index contributed by atoms with van der Waals surface area (Å²) >= 11 is 0. The second-order valence-corrected chi connectivity index (χ2v) is 7.42. The zero-order valence-electron chi connectivity index (χ0n) is 18.2. The molecule has 0 unspecified atom stereocenters. The maximum atomic E-state index is 13.2. The third kappa shape index (κ3) is 4.62. The van der Waals surface area contributed by atoms with Crippen molar-refractivity contribution >= 4 is 29.6 Å². The highest BCUT2D eigenvalue weighted by molar-refractivity contribution is 6.39. The molecule has 0 bridgehead atoms. The van der Waals surface area contributed by atoms with Gasteiger partial charge in [0.15, 0.2) is 0 Å². The number of nitrogens with zero attached hydrogens (tertiary/aromatic N) is 1. The van der Waals surface area contributed by atoms with Crippen LogP contribution in [0.25, 0.3) is 6.08 Å². The topological polar surface area (TPSA) is 84.9 Å². The van der Waals surface area contributed by atoms with Gasteiger partial charge in [0.05, 0.1) is 12.8 Å². The SMILES string of the molecule is COc1ccc(/C=C2\C(=O)NC(=O)N(c3ccccc3C)C2=O)c(OCc2ccccc2)c1. The molecule has 166 valence electrons. The summed E-state index contributed by atoms with van der Waals surface area (Å²) in [5, 5.41) is 2.25. The molecule has 3 aromatic carbocycles. The molecule has 1 fully saturated rings. The molecule has 1 N–H and O–H groups in total. The van der Waals surface area contributed by atoms with Crippen molar-refractivity contribution in [1.29, 1.82) is 0 Å². The van der Waals surface area contributed by atoms with Crippen LogP contribution in [0.2, 0.25) is 0 Å². The smallest absolute Gasteiger partial charge is 0.335 e. The Morgan fingerprint density at radius 3 is 2.39 bits per heavy atom. The summed E-state index contributed by atoms with van der Waals surface area (Å²) in [4.78, 5) is 39.3. The first-order valence-electron chi connectivity index (χ1n) is 10.3. The van der Waals surface area contributed by atoms with Gasteiger partial charge in [-0.15, -0.1) is 0 Å². The van der Waals surface area contributed by atoms with Gasteiger partial charge in [-0.1, -0.05) is 48.5 Å². The number of anilines is 1. The minimum absolute atomic E-state index is 0.174. The third-order valence-electron chi connectivity index (χ3n) is 5.22. The molecule has 3 aromatic rings. The van der Waals surface area contributed by atoms with E-state index in [0.717, 1.165) is 16.0 Å². The van der Waals surface area contributed by atoms with Gasteiger partial charge in [-0.05, 0) is 42.3 Å². The monoisotopic (exact) mass is 442 g/mol. The van der Waals surface area contributed by atoms with Crippen LogP contribution in [0.5, 0.6) is 11.5 Å². The van der Waals surface area contributed by atoms with Crippen LogP contribution in [-0.2, 0) is 16.2 Å². The molecular formula is C26H22N2O5. The second-order valence-electron chi connectivity index (χ2n) is 7.42. The molecule has 0 spiro atoms. The van der Waals surface area contributed by atoms with Gasteiger partial charge in [-0.2, -0.15) is 0 Å². The van der Waals surface area contributed by atoms with Crippen molar-refractivity contribution in [2.45, 2.75) is 13.5 Å². The summed E-state index contributed by atoms with van der Waals surface area (Å²) in [7, 11) is 1.54. The summed E-state index contributed by atoms with van der Waals surface area (Å²) in [5.41, 5.74) is 2.43. The van der Waals surface area contributed by atoms with E-state index in [1.807, 2.05) is 30.3 Å². The summed E-state index contributed by atoms with van der Waals surface area (Å²) in [6, 6.07) is 20.9. The maximum Gasteiger partial charge on any atom is 0.335 e. The molecule has 0 aromatic heterocycles. The van der Waals surface area contributed by atoms with Crippen molar-refractivity contribution in [3.63, 3.8) is 0 Å². The Labute approximate surface area is 191 Å². The van der Waals surface area contributed by atoms with Gasteiger partial charge in [-0.25, -0.2) is 9.69 Å². The van der Waals surface area contributed by atoms with Crippen molar-refractivity contribution in [3.8, 4) is 11.5 Å². The number of benzene rings is 3. The number of ether oxygens (including phenoxy) is 2. The van der Waals surface area contributed by atoms with Crippen molar-refractivity contribution < 1.29 is 23.9 Å². The Balaban J connectivity index is 1.70. The Morgan fingerprint density at radius 1 is 0.939 bits per heavy atom. The normalized spacial score (nSPS) is 14.9. The lowest BCUT2D eigenvalue weighted by molar-refractivity contribution is -0.122. The van der Waals surface area contributed by atoms with E-state index in [-0.39, 0.29) is 12.2 Å². The van der Waals surface area contributed by atoms with Crippen LogP contribution in [-0.4, -0.2) is 25.0 Å².